The number of nitrogens with one attached hydrogen (secondary N) is 1. The molecule has 0 radical (unpaired) electrons. The van der Waals surface area contributed by atoms with Crippen LogP contribution in [0, 0.1) is 0 Å². The van der Waals surface area contributed by atoms with Gasteiger partial charge in [0, 0.05) is 24.2 Å². The zero-order valence-corrected chi connectivity index (χ0v) is 15.2. The van der Waals surface area contributed by atoms with Crippen LogP contribution in [0.4, 0.5) is 4.79 Å². The number of fused-ring (bicyclic) bond motifs is 1. The average Bonchev–Trinajstić information content (AvgIpc) is 3.00. The smallest absolute Gasteiger partial charge is 0.412 e. The van der Waals surface area contributed by atoms with E-state index in [2.05, 4.69) is 15.3 Å². The summed E-state index contributed by atoms with van der Waals surface area (Å²) in [4.78, 5) is 31.7. The third-order valence-corrected chi connectivity index (χ3v) is 4.18. The fraction of sp³-hybridized carbons (Fsp3) is 0.222. The number of carboxylic acids is 1. The van der Waals surface area contributed by atoms with Gasteiger partial charge in [-0.25, -0.2) is 14.6 Å². The SMILES string of the molecule is CCC(Cn1c(C(=O)O)cc2cnc(Cl)nc21)NC(=O)Oc1ccccc1. The van der Waals surface area contributed by atoms with Crippen LogP contribution in [-0.2, 0) is 6.54 Å². The summed E-state index contributed by atoms with van der Waals surface area (Å²) in [6.07, 6.45) is 1.40. The molecule has 27 heavy (non-hydrogen) atoms. The highest BCUT2D eigenvalue weighted by Crippen LogP contribution is 2.20. The summed E-state index contributed by atoms with van der Waals surface area (Å²) < 4.78 is 6.73. The molecule has 2 N–H and O–H groups in total. The lowest BCUT2D eigenvalue weighted by Gasteiger charge is -2.19. The lowest BCUT2D eigenvalue weighted by Crippen LogP contribution is -2.39. The number of halogens is 1. The van der Waals surface area contributed by atoms with Gasteiger partial charge >= 0.3 is 12.1 Å². The molecule has 0 fully saturated rings. The van der Waals surface area contributed by atoms with Crippen molar-refractivity contribution in [3.8, 4) is 5.75 Å². The van der Waals surface area contributed by atoms with Crippen LogP contribution in [0.1, 0.15) is 23.8 Å². The van der Waals surface area contributed by atoms with Crippen LogP contribution in [0.5, 0.6) is 5.75 Å². The Bertz CT molecular complexity index is 974. The molecule has 0 spiro atoms. The monoisotopic (exact) mass is 388 g/mol. The zero-order chi connectivity index (χ0) is 19.4. The Balaban J connectivity index is 1.81. The Kier molecular flexibility index (Phi) is 5.56. The highest BCUT2D eigenvalue weighted by atomic mass is 35.5. The molecular formula is C18H17ClN4O4. The predicted molar refractivity (Wildman–Crippen MR) is 99.2 cm³/mol. The van der Waals surface area contributed by atoms with Crippen molar-refractivity contribution in [3.05, 3.63) is 53.6 Å². The van der Waals surface area contributed by atoms with Gasteiger partial charge in [0.25, 0.3) is 0 Å². The predicted octanol–water partition coefficient (Wildman–Crippen LogP) is 3.35. The van der Waals surface area contributed by atoms with E-state index in [0.717, 1.165) is 0 Å². The largest absolute Gasteiger partial charge is 0.477 e. The fourth-order valence-corrected chi connectivity index (χ4v) is 2.80. The summed E-state index contributed by atoms with van der Waals surface area (Å²) in [5.41, 5.74) is 0.433. The van der Waals surface area contributed by atoms with Gasteiger partial charge in [0.05, 0.1) is 0 Å². The molecule has 9 heteroatoms. The first-order valence-corrected chi connectivity index (χ1v) is 8.64. The number of aromatic nitrogens is 3. The van der Waals surface area contributed by atoms with E-state index in [4.69, 9.17) is 16.3 Å². The van der Waals surface area contributed by atoms with E-state index in [-0.39, 0.29) is 23.6 Å². The van der Waals surface area contributed by atoms with Crippen molar-refractivity contribution in [1.29, 1.82) is 0 Å². The number of hydrogen-bond acceptors (Lipinski definition) is 5. The maximum atomic E-state index is 12.1. The van der Waals surface area contributed by atoms with Gasteiger partial charge in [0.1, 0.15) is 17.1 Å². The summed E-state index contributed by atoms with van der Waals surface area (Å²) in [7, 11) is 0. The van der Waals surface area contributed by atoms with Crippen molar-refractivity contribution in [1.82, 2.24) is 19.9 Å². The van der Waals surface area contributed by atoms with E-state index in [0.29, 0.717) is 23.2 Å². The second-order valence-electron chi connectivity index (χ2n) is 5.82. The summed E-state index contributed by atoms with van der Waals surface area (Å²) >= 11 is 5.85. The summed E-state index contributed by atoms with van der Waals surface area (Å²) in [5.74, 6) is -0.687. The molecule has 0 aliphatic heterocycles. The molecule has 0 saturated heterocycles. The number of amides is 1. The zero-order valence-electron chi connectivity index (χ0n) is 14.4. The van der Waals surface area contributed by atoms with Crippen molar-refractivity contribution in [2.75, 3.05) is 0 Å². The minimum atomic E-state index is -1.11. The second kappa shape index (κ2) is 8.05. The second-order valence-corrected chi connectivity index (χ2v) is 6.15. The number of carboxylic acid groups (broad SMARTS) is 1. The molecule has 0 bridgehead atoms. The van der Waals surface area contributed by atoms with E-state index in [9.17, 15) is 14.7 Å². The van der Waals surface area contributed by atoms with Crippen LogP contribution in [-0.4, -0.2) is 37.7 Å². The van der Waals surface area contributed by atoms with Gasteiger partial charge in [0.2, 0.25) is 5.28 Å². The van der Waals surface area contributed by atoms with Gasteiger partial charge in [-0.15, -0.1) is 0 Å². The number of aromatic carboxylic acids is 1. The molecule has 0 aliphatic carbocycles. The van der Waals surface area contributed by atoms with E-state index < -0.39 is 12.1 Å². The van der Waals surface area contributed by atoms with Crippen molar-refractivity contribution in [2.45, 2.75) is 25.9 Å². The Morgan fingerprint density at radius 2 is 2.07 bits per heavy atom. The Hall–Kier alpha value is -3.13. The Morgan fingerprint density at radius 1 is 1.33 bits per heavy atom. The quantitative estimate of drug-likeness (QED) is 0.627. The molecule has 8 nitrogen and oxygen atoms in total. The highest BCUT2D eigenvalue weighted by Gasteiger charge is 2.20. The summed E-state index contributed by atoms with van der Waals surface area (Å²) in [6, 6.07) is 9.77. The van der Waals surface area contributed by atoms with E-state index in [1.165, 1.54) is 16.8 Å². The summed E-state index contributed by atoms with van der Waals surface area (Å²) in [5, 5.41) is 12.8. The number of benzene rings is 1. The van der Waals surface area contributed by atoms with Gasteiger partial charge in [-0.3, -0.25) is 0 Å². The molecule has 140 valence electrons. The van der Waals surface area contributed by atoms with Crippen LogP contribution in [0.15, 0.2) is 42.6 Å². The first-order chi connectivity index (χ1) is 13.0. The lowest BCUT2D eigenvalue weighted by molar-refractivity contribution is 0.0685. The maximum Gasteiger partial charge on any atom is 0.412 e. The Labute approximate surface area is 159 Å². The molecule has 0 saturated carbocycles. The van der Waals surface area contributed by atoms with Gasteiger partial charge in [0.15, 0.2) is 0 Å². The first kappa shape index (κ1) is 18.7. The molecule has 1 aromatic carbocycles. The van der Waals surface area contributed by atoms with Crippen LogP contribution in [0.2, 0.25) is 5.28 Å². The molecule has 3 rings (SSSR count). The number of hydrogen-bond donors (Lipinski definition) is 2. The number of carbonyl (C=O) groups is 2. The van der Waals surface area contributed by atoms with E-state index in [1.54, 1.807) is 24.3 Å². The molecule has 3 aromatic rings. The van der Waals surface area contributed by atoms with Crippen LogP contribution < -0.4 is 10.1 Å². The number of para-hydroxylation sites is 1. The topological polar surface area (TPSA) is 106 Å². The fourth-order valence-electron chi connectivity index (χ4n) is 2.67. The number of ether oxygens (including phenoxy) is 1. The number of rotatable bonds is 6. The highest BCUT2D eigenvalue weighted by molar-refractivity contribution is 6.28. The molecule has 1 unspecified atom stereocenters. The first-order valence-electron chi connectivity index (χ1n) is 8.26. The number of carbonyl (C=O) groups excluding carboxylic acids is 1. The van der Waals surface area contributed by atoms with Crippen LogP contribution in [0.25, 0.3) is 11.0 Å². The van der Waals surface area contributed by atoms with Crippen molar-refractivity contribution >= 4 is 34.7 Å². The summed E-state index contributed by atoms with van der Waals surface area (Å²) in [6.45, 7) is 2.07. The minimum absolute atomic E-state index is 0.0169. The molecular weight excluding hydrogens is 372 g/mol. The molecule has 1 atom stereocenters. The van der Waals surface area contributed by atoms with Crippen molar-refractivity contribution < 1.29 is 19.4 Å². The molecule has 2 heterocycles. The van der Waals surface area contributed by atoms with Crippen molar-refractivity contribution in [3.63, 3.8) is 0 Å². The molecule has 0 aliphatic rings. The Morgan fingerprint density at radius 3 is 2.74 bits per heavy atom. The maximum absolute atomic E-state index is 12.1. The van der Waals surface area contributed by atoms with Crippen LogP contribution >= 0.6 is 11.6 Å². The standard InChI is InChI=1S/C18H17ClN4O4/c1-2-12(21-18(26)27-13-6-4-3-5-7-13)10-23-14(16(24)25)8-11-9-20-17(19)22-15(11)23/h3-9,12H,2,10H2,1H3,(H,21,26)(H,24,25). The van der Waals surface area contributed by atoms with Crippen LogP contribution in [0.3, 0.4) is 0 Å². The average molecular weight is 389 g/mol. The van der Waals surface area contributed by atoms with Crippen molar-refractivity contribution in [2.24, 2.45) is 0 Å². The van der Waals surface area contributed by atoms with E-state index >= 15 is 0 Å². The van der Waals surface area contributed by atoms with E-state index in [1.807, 2.05) is 13.0 Å². The number of nitrogens with zero attached hydrogens (tertiary/aromatic N) is 3. The third kappa shape index (κ3) is 4.35. The van der Waals surface area contributed by atoms with Gasteiger partial charge in [-0.2, -0.15) is 4.98 Å². The normalized spacial score (nSPS) is 11.9. The van der Waals surface area contributed by atoms with Gasteiger partial charge in [-0.1, -0.05) is 25.1 Å². The molecule has 1 amide bonds. The third-order valence-electron chi connectivity index (χ3n) is 4.00. The minimum Gasteiger partial charge on any atom is -0.477 e. The molecule has 2 aromatic heterocycles. The lowest BCUT2D eigenvalue weighted by atomic mass is 10.2. The van der Waals surface area contributed by atoms with Gasteiger partial charge < -0.3 is 19.7 Å². The van der Waals surface area contributed by atoms with Gasteiger partial charge in [-0.05, 0) is 36.2 Å².